The molecule has 2 aromatic heterocycles. The van der Waals surface area contributed by atoms with Gasteiger partial charge in [-0.2, -0.15) is 0 Å². The highest BCUT2D eigenvalue weighted by Crippen LogP contribution is 2.23. The minimum Gasteiger partial charge on any atom is -0.459 e. The van der Waals surface area contributed by atoms with Gasteiger partial charge in [0.05, 0.1) is 12.6 Å². The summed E-state index contributed by atoms with van der Waals surface area (Å²) in [5.41, 5.74) is 2.13. The number of fused-ring (bicyclic) bond motifs is 1. The second kappa shape index (κ2) is 8.65. The summed E-state index contributed by atoms with van der Waals surface area (Å²) in [4.78, 5) is 8.82. The lowest BCUT2D eigenvalue weighted by atomic mass is 10.2. The fourth-order valence-corrected chi connectivity index (χ4v) is 3.28. The largest absolute Gasteiger partial charge is 0.459 e. The van der Waals surface area contributed by atoms with Gasteiger partial charge in [0.15, 0.2) is 5.96 Å². The number of imidazole rings is 1. The molecule has 0 saturated heterocycles. The van der Waals surface area contributed by atoms with Crippen LogP contribution in [0.1, 0.15) is 30.1 Å². The first-order valence-corrected chi connectivity index (χ1v) is 9.72. The van der Waals surface area contributed by atoms with Crippen LogP contribution < -0.4 is 10.6 Å². The van der Waals surface area contributed by atoms with E-state index in [0.717, 1.165) is 29.1 Å². The Kier molecular flexibility index (Phi) is 5.61. The molecule has 148 valence electrons. The van der Waals surface area contributed by atoms with E-state index in [1.807, 2.05) is 36.7 Å². The number of para-hydroxylation sites is 1. The predicted octanol–water partition coefficient (Wildman–Crippen LogP) is 4.10. The SMILES string of the molecule is CN=C(NCc1nccn1Cc1ccccc1)NC(C)c1cc2ccccc2o1. The van der Waals surface area contributed by atoms with Crippen molar-refractivity contribution in [3.63, 3.8) is 0 Å². The highest BCUT2D eigenvalue weighted by atomic mass is 16.3. The maximum atomic E-state index is 5.95. The second-order valence-electron chi connectivity index (χ2n) is 6.94. The number of guanidine groups is 1. The quantitative estimate of drug-likeness (QED) is 0.386. The molecule has 0 bridgehead atoms. The molecule has 0 amide bonds. The standard InChI is InChI=1S/C23H25N5O/c1-17(21-14-19-10-6-7-11-20(19)29-21)27-23(24-2)26-15-22-25-12-13-28(22)16-18-8-4-3-5-9-18/h3-14,17H,15-16H2,1-2H3,(H2,24,26,27). The van der Waals surface area contributed by atoms with E-state index < -0.39 is 0 Å². The molecule has 1 atom stereocenters. The first-order chi connectivity index (χ1) is 14.2. The molecule has 29 heavy (non-hydrogen) atoms. The van der Waals surface area contributed by atoms with Crippen molar-refractivity contribution in [3.8, 4) is 0 Å². The van der Waals surface area contributed by atoms with E-state index >= 15 is 0 Å². The van der Waals surface area contributed by atoms with Gasteiger partial charge in [-0.25, -0.2) is 4.98 Å². The Balaban J connectivity index is 1.38. The maximum Gasteiger partial charge on any atom is 0.191 e. The highest BCUT2D eigenvalue weighted by molar-refractivity contribution is 5.81. The Bertz CT molecular complexity index is 1060. The summed E-state index contributed by atoms with van der Waals surface area (Å²) >= 11 is 0. The van der Waals surface area contributed by atoms with Gasteiger partial charge in [-0.3, -0.25) is 4.99 Å². The first-order valence-electron chi connectivity index (χ1n) is 9.72. The third-order valence-electron chi connectivity index (χ3n) is 4.86. The van der Waals surface area contributed by atoms with Crippen LogP contribution in [0.4, 0.5) is 0 Å². The highest BCUT2D eigenvalue weighted by Gasteiger charge is 2.13. The number of furan rings is 1. The van der Waals surface area contributed by atoms with E-state index in [9.17, 15) is 0 Å². The molecule has 1 unspecified atom stereocenters. The number of nitrogens with one attached hydrogen (secondary N) is 2. The monoisotopic (exact) mass is 387 g/mol. The van der Waals surface area contributed by atoms with Crippen LogP contribution >= 0.6 is 0 Å². The Morgan fingerprint density at radius 2 is 1.93 bits per heavy atom. The average molecular weight is 387 g/mol. The molecule has 0 aliphatic carbocycles. The van der Waals surface area contributed by atoms with Crippen molar-refractivity contribution in [1.82, 2.24) is 20.2 Å². The van der Waals surface area contributed by atoms with Crippen molar-refractivity contribution in [2.24, 2.45) is 4.99 Å². The Labute approximate surface area is 170 Å². The van der Waals surface area contributed by atoms with Gasteiger partial charge in [-0.15, -0.1) is 0 Å². The molecule has 4 rings (SSSR count). The summed E-state index contributed by atoms with van der Waals surface area (Å²) in [7, 11) is 1.76. The Morgan fingerprint density at radius 1 is 1.14 bits per heavy atom. The van der Waals surface area contributed by atoms with Crippen molar-refractivity contribution in [3.05, 3.63) is 90.2 Å². The molecular weight excluding hydrogens is 362 g/mol. The van der Waals surface area contributed by atoms with Crippen LogP contribution in [0.3, 0.4) is 0 Å². The van der Waals surface area contributed by atoms with Crippen LogP contribution in [-0.2, 0) is 13.1 Å². The summed E-state index contributed by atoms with van der Waals surface area (Å²) in [6, 6.07) is 20.4. The first kappa shape index (κ1) is 18.8. The zero-order valence-corrected chi connectivity index (χ0v) is 16.7. The number of aliphatic imine (C=N–C) groups is 1. The molecule has 6 heteroatoms. The molecular formula is C23H25N5O. The van der Waals surface area contributed by atoms with Crippen LogP contribution in [0.5, 0.6) is 0 Å². The van der Waals surface area contributed by atoms with Crippen LogP contribution in [-0.4, -0.2) is 22.6 Å². The minimum atomic E-state index is -0.0161. The van der Waals surface area contributed by atoms with Crippen LogP contribution in [0.15, 0.2) is 82.5 Å². The second-order valence-corrected chi connectivity index (χ2v) is 6.94. The minimum absolute atomic E-state index is 0.0161. The van der Waals surface area contributed by atoms with Gasteiger partial charge in [0, 0.05) is 31.4 Å². The van der Waals surface area contributed by atoms with Crippen molar-refractivity contribution in [1.29, 1.82) is 0 Å². The number of benzene rings is 2. The third kappa shape index (κ3) is 4.48. The smallest absolute Gasteiger partial charge is 0.191 e. The van der Waals surface area contributed by atoms with Gasteiger partial charge in [0.25, 0.3) is 0 Å². The maximum absolute atomic E-state index is 5.95. The fourth-order valence-electron chi connectivity index (χ4n) is 3.28. The summed E-state index contributed by atoms with van der Waals surface area (Å²) in [5.74, 6) is 2.53. The third-order valence-corrected chi connectivity index (χ3v) is 4.86. The Morgan fingerprint density at radius 3 is 2.72 bits per heavy atom. The predicted molar refractivity (Wildman–Crippen MR) is 116 cm³/mol. The molecule has 0 fully saturated rings. The van der Waals surface area contributed by atoms with E-state index in [1.165, 1.54) is 5.56 Å². The molecule has 0 aliphatic rings. The average Bonchev–Trinajstić information content (AvgIpc) is 3.38. The van der Waals surface area contributed by atoms with Gasteiger partial charge in [-0.05, 0) is 24.6 Å². The van der Waals surface area contributed by atoms with Crippen LogP contribution in [0.2, 0.25) is 0 Å². The lowest BCUT2D eigenvalue weighted by Gasteiger charge is -2.16. The molecule has 0 radical (unpaired) electrons. The Hall–Kier alpha value is -3.54. The summed E-state index contributed by atoms with van der Waals surface area (Å²) in [6.45, 7) is 3.42. The molecule has 0 aliphatic heterocycles. The molecule has 6 nitrogen and oxygen atoms in total. The number of rotatable bonds is 6. The van der Waals surface area contributed by atoms with E-state index in [1.54, 1.807) is 7.05 Å². The number of nitrogens with zero attached hydrogens (tertiary/aromatic N) is 3. The topological polar surface area (TPSA) is 67.4 Å². The normalized spacial score (nSPS) is 12.8. The van der Waals surface area contributed by atoms with E-state index in [-0.39, 0.29) is 6.04 Å². The van der Waals surface area contributed by atoms with Crippen LogP contribution in [0.25, 0.3) is 11.0 Å². The summed E-state index contributed by atoms with van der Waals surface area (Å²) in [5, 5.41) is 7.83. The van der Waals surface area contributed by atoms with Gasteiger partial charge >= 0.3 is 0 Å². The summed E-state index contributed by atoms with van der Waals surface area (Å²) < 4.78 is 8.09. The van der Waals surface area contributed by atoms with Gasteiger partial charge in [-0.1, -0.05) is 48.5 Å². The number of aromatic nitrogens is 2. The molecule has 4 aromatic rings. The molecule has 2 N–H and O–H groups in total. The number of hydrogen-bond acceptors (Lipinski definition) is 3. The van der Waals surface area contributed by atoms with E-state index in [0.29, 0.717) is 12.5 Å². The van der Waals surface area contributed by atoms with Crippen molar-refractivity contribution >= 4 is 16.9 Å². The van der Waals surface area contributed by atoms with E-state index in [2.05, 4.69) is 68.5 Å². The van der Waals surface area contributed by atoms with Gasteiger partial charge < -0.3 is 19.6 Å². The molecule has 2 heterocycles. The number of hydrogen-bond donors (Lipinski definition) is 2. The van der Waals surface area contributed by atoms with Gasteiger partial charge in [0.1, 0.15) is 17.2 Å². The zero-order valence-electron chi connectivity index (χ0n) is 16.7. The zero-order chi connectivity index (χ0) is 20.1. The van der Waals surface area contributed by atoms with Gasteiger partial charge in [0.2, 0.25) is 0 Å². The molecule has 2 aromatic carbocycles. The van der Waals surface area contributed by atoms with E-state index in [4.69, 9.17) is 4.42 Å². The fraction of sp³-hybridized carbons (Fsp3) is 0.217. The lowest BCUT2D eigenvalue weighted by molar-refractivity contribution is 0.488. The summed E-state index contributed by atoms with van der Waals surface area (Å²) in [6.07, 6.45) is 3.82. The van der Waals surface area contributed by atoms with Crippen molar-refractivity contribution < 1.29 is 4.42 Å². The molecule has 0 spiro atoms. The molecule has 0 saturated carbocycles. The van der Waals surface area contributed by atoms with Crippen LogP contribution in [0, 0.1) is 0 Å². The van der Waals surface area contributed by atoms with Crippen molar-refractivity contribution in [2.45, 2.75) is 26.1 Å². The van der Waals surface area contributed by atoms with Crippen molar-refractivity contribution in [2.75, 3.05) is 7.05 Å². The lowest BCUT2D eigenvalue weighted by Crippen LogP contribution is -2.38.